The van der Waals surface area contributed by atoms with Gasteiger partial charge in [0.25, 0.3) is 0 Å². The maximum atomic E-state index is 6.36. The third kappa shape index (κ3) is 1.45. The molecule has 0 N–H and O–H groups in total. The lowest BCUT2D eigenvalue weighted by Gasteiger charge is -1.42. The third-order valence-corrected chi connectivity index (χ3v) is 0.112. The van der Waals surface area contributed by atoms with Crippen LogP contribution in [0.1, 0.15) is 2.74 Å². The fraction of sp³-hybridized carbons (Fsp3) is 0.333. The lowest BCUT2D eigenvalue weighted by Crippen LogP contribution is -1.35. The van der Waals surface area contributed by atoms with Gasteiger partial charge in [-0.05, 0) is 12.4 Å². The molecule has 0 aliphatic heterocycles. The number of hydrogen-bond donors (Lipinski definition) is 0. The molecule has 0 spiro atoms. The molecule has 0 aromatic rings. The summed E-state index contributed by atoms with van der Waals surface area (Å²) in [4.78, 5) is 3.27. The Hall–Kier alpha value is -0.550. The molecule has 0 bridgehead atoms. The molecule has 0 unspecified atom stereocenters. The number of aliphatic imine (C=N–C) groups is 1. The molecule has 0 fully saturated rings. The van der Waals surface area contributed by atoms with Gasteiger partial charge in [0.1, 0.15) is 0 Å². The molecule has 0 rings (SSSR count). The van der Waals surface area contributed by atoms with Crippen LogP contribution in [0.5, 0.6) is 0 Å². The van der Waals surface area contributed by atoms with Crippen LogP contribution in [0.3, 0.4) is 0 Å². The molecule has 1 heteroatoms. The van der Waals surface area contributed by atoms with Gasteiger partial charge in [-0.2, -0.15) is 0 Å². The molecule has 4 heavy (non-hydrogen) atoms. The Morgan fingerprint density at radius 1 is 3.00 bits per heavy atom. The van der Waals surface area contributed by atoms with Gasteiger partial charge in [-0.3, -0.25) is 0 Å². The van der Waals surface area contributed by atoms with Crippen molar-refractivity contribution in [3.05, 3.63) is 6.53 Å². The minimum absolute atomic E-state index is 0.377. The van der Waals surface area contributed by atoms with E-state index in [4.69, 9.17) is 2.74 Å². The zero-order chi connectivity index (χ0) is 4.99. The summed E-state index contributed by atoms with van der Waals surface area (Å²) in [7, 11) is 1.48. The van der Waals surface area contributed by atoms with Gasteiger partial charge in [0.15, 0.2) is 0 Å². The largest absolute Gasteiger partial charge is 0.247 e. The van der Waals surface area contributed by atoms with E-state index in [1.165, 1.54) is 7.05 Å². The van der Waals surface area contributed by atoms with E-state index in [-0.39, 0.29) is 6.53 Å². The third-order valence-electron chi connectivity index (χ3n) is 0.112. The second-order valence-corrected chi connectivity index (χ2v) is 0.335. The monoisotopic (exact) mass is 58.1 g/mol. The second kappa shape index (κ2) is 2.45. The first-order chi connectivity index (χ1) is 2.77. The van der Waals surface area contributed by atoms with Gasteiger partial charge in [-0.1, -0.05) is 0 Å². The normalized spacial score (nSPS) is 10.2. The Kier molecular flexibility index (Phi) is 0.641. The molecule has 0 aromatic carbocycles. The molecule has 0 aliphatic carbocycles. The van der Waals surface area contributed by atoms with Crippen molar-refractivity contribution in [3.63, 3.8) is 0 Å². The van der Waals surface area contributed by atoms with Gasteiger partial charge in [-0.15, -0.1) is 0 Å². The molecule has 0 amide bonds. The molecule has 0 saturated heterocycles. The van der Waals surface area contributed by atoms with Crippen molar-refractivity contribution >= 4 is 5.87 Å². The first-order valence-electron chi connectivity index (χ1n) is 1.92. The van der Waals surface area contributed by atoms with Gasteiger partial charge >= 0.3 is 0 Å². The van der Waals surface area contributed by atoms with Crippen molar-refractivity contribution in [1.82, 2.24) is 0 Å². The predicted octanol–water partition coefficient (Wildman–Crippen LogP) is 0.472. The molecule has 0 heterocycles. The molecule has 0 aromatic heterocycles. The minimum Gasteiger partial charge on any atom is -0.247 e. The van der Waals surface area contributed by atoms with E-state index in [2.05, 4.69) is 10.9 Å². The minimum atomic E-state index is -0.377. The molecule has 0 saturated carbocycles. The van der Waals surface area contributed by atoms with E-state index in [0.717, 1.165) is 0 Å². The standard InChI is InChI=1S/C3H5N/c1-3-4-2/h1H2,2H3/i1TD. The molecule has 0 atom stereocenters. The highest BCUT2D eigenvalue weighted by Gasteiger charge is 1.21. The Bertz CT molecular complexity index is 87.0. The topological polar surface area (TPSA) is 12.4 Å². The maximum Gasteiger partial charge on any atom is 0.0644 e. The summed E-state index contributed by atoms with van der Waals surface area (Å²) >= 11 is 0. The fourth-order valence-corrected chi connectivity index (χ4v) is 0. The highest BCUT2D eigenvalue weighted by atomic mass is 14.6. The van der Waals surface area contributed by atoms with E-state index in [9.17, 15) is 0 Å². The van der Waals surface area contributed by atoms with Gasteiger partial charge in [0, 0.05) is 7.05 Å². The average molecular weight is 58.1 g/mol. The van der Waals surface area contributed by atoms with Gasteiger partial charge in [0.05, 0.1) is 2.74 Å². The van der Waals surface area contributed by atoms with Crippen LogP contribution in [0.25, 0.3) is 0 Å². The smallest absolute Gasteiger partial charge is 0.0644 e. The van der Waals surface area contributed by atoms with E-state index < -0.39 is 0 Å². The van der Waals surface area contributed by atoms with Crippen molar-refractivity contribution in [2.45, 2.75) is 0 Å². The van der Waals surface area contributed by atoms with Crippen molar-refractivity contribution in [3.8, 4) is 0 Å². The summed E-state index contributed by atoms with van der Waals surface area (Å²) in [5.74, 6) is 2.08. The van der Waals surface area contributed by atoms with Crippen LogP contribution in [0.2, 0.25) is 0 Å². The Morgan fingerprint density at radius 2 is 3.75 bits per heavy atom. The van der Waals surface area contributed by atoms with Crippen LogP contribution < -0.4 is 0 Å². The summed E-state index contributed by atoms with van der Waals surface area (Å²) in [6, 6.07) is 0. The first-order valence-corrected chi connectivity index (χ1v) is 0.921. The maximum absolute atomic E-state index is 6.36. The van der Waals surface area contributed by atoms with Crippen molar-refractivity contribution in [1.29, 1.82) is 0 Å². The van der Waals surface area contributed by atoms with Gasteiger partial charge in [0.2, 0.25) is 0 Å². The lowest BCUT2D eigenvalue weighted by molar-refractivity contribution is 1.49. The molecule has 0 radical (unpaired) electrons. The Balaban J connectivity index is 3.73. The Morgan fingerprint density at radius 3 is 3.75 bits per heavy atom. The van der Waals surface area contributed by atoms with Gasteiger partial charge < -0.3 is 0 Å². The van der Waals surface area contributed by atoms with E-state index in [1.807, 2.05) is 0 Å². The van der Waals surface area contributed by atoms with Gasteiger partial charge in [-0.25, -0.2) is 4.99 Å². The predicted molar refractivity (Wildman–Crippen MR) is 19.0 cm³/mol. The van der Waals surface area contributed by atoms with Crippen LogP contribution in [0.15, 0.2) is 11.5 Å². The highest BCUT2D eigenvalue weighted by Crippen LogP contribution is 1.29. The molecular weight excluding hydrogens is 50.0 g/mol. The van der Waals surface area contributed by atoms with Crippen LogP contribution in [0.4, 0.5) is 0 Å². The first kappa shape index (κ1) is 1.05. The SMILES string of the molecule is [2H]C([3H])=C=NC. The number of rotatable bonds is 0. The second-order valence-electron chi connectivity index (χ2n) is 0.335. The zero-order valence-electron chi connectivity index (χ0n) is 4.45. The lowest BCUT2D eigenvalue weighted by atomic mass is 11.1. The van der Waals surface area contributed by atoms with Crippen LogP contribution in [-0.4, -0.2) is 12.9 Å². The molecular formula is C3H5N. The van der Waals surface area contributed by atoms with Crippen LogP contribution in [-0.2, 0) is 0 Å². The summed E-state index contributed by atoms with van der Waals surface area (Å²) in [5.41, 5.74) is 0. The van der Waals surface area contributed by atoms with Crippen molar-refractivity contribution in [2.75, 3.05) is 7.05 Å². The zero-order valence-corrected chi connectivity index (χ0v) is 2.45. The number of nitrogens with zero attached hydrogens (tertiary/aromatic N) is 1. The van der Waals surface area contributed by atoms with E-state index >= 15 is 0 Å². The fourth-order valence-electron chi connectivity index (χ4n) is 0. The molecule has 1 nitrogen and oxygen atoms in total. The quantitative estimate of drug-likeness (QED) is 0.359. The van der Waals surface area contributed by atoms with Crippen molar-refractivity contribution < 1.29 is 2.74 Å². The van der Waals surface area contributed by atoms with E-state index in [1.54, 1.807) is 0 Å². The Labute approximate surface area is 28.5 Å². The summed E-state index contributed by atoms with van der Waals surface area (Å²) in [5, 5.41) is 0. The molecule has 0 aliphatic rings. The van der Waals surface area contributed by atoms with Crippen LogP contribution >= 0.6 is 0 Å². The number of hydrogen-bond acceptors (Lipinski definition) is 1. The average Bonchev–Trinajstić information content (AvgIpc) is 1.35. The summed E-state index contributed by atoms with van der Waals surface area (Å²) in [6.07, 6.45) is 0. The molecule has 22 valence electrons. The summed E-state index contributed by atoms with van der Waals surface area (Å²) < 4.78 is 12.7. The van der Waals surface area contributed by atoms with E-state index in [0.29, 0.717) is 0 Å². The van der Waals surface area contributed by atoms with Crippen LogP contribution in [0, 0.1) is 0 Å². The highest BCUT2D eigenvalue weighted by molar-refractivity contribution is 5.45. The summed E-state index contributed by atoms with van der Waals surface area (Å²) in [6.45, 7) is -0.377. The van der Waals surface area contributed by atoms with Crippen molar-refractivity contribution in [2.24, 2.45) is 4.99 Å².